The van der Waals surface area contributed by atoms with Crippen LogP contribution < -0.4 is 5.56 Å². The molecule has 8 rings (SSSR count). The van der Waals surface area contributed by atoms with E-state index in [9.17, 15) is 4.79 Å². The lowest BCUT2D eigenvalue weighted by molar-refractivity contribution is 0.638. The van der Waals surface area contributed by atoms with Gasteiger partial charge in [-0.15, -0.1) is 0 Å². The van der Waals surface area contributed by atoms with Crippen molar-refractivity contribution in [1.29, 1.82) is 0 Å². The van der Waals surface area contributed by atoms with Crippen LogP contribution in [0.15, 0.2) is 139 Å². The molecule has 0 aromatic carbocycles. The first kappa shape index (κ1) is 30.3. The summed E-state index contributed by atoms with van der Waals surface area (Å²) in [6.45, 7) is 0.800. The van der Waals surface area contributed by atoms with Gasteiger partial charge in [0.15, 0.2) is 0 Å². The van der Waals surface area contributed by atoms with E-state index in [1.807, 2.05) is 84.9 Å². The molecule has 48 heavy (non-hydrogen) atoms. The van der Waals surface area contributed by atoms with Crippen molar-refractivity contribution in [2.45, 2.75) is 13.1 Å². The maximum Gasteiger partial charge on any atom is 0.276 e. The average Bonchev–Trinajstić information content (AvgIpc) is 3.16. The summed E-state index contributed by atoms with van der Waals surface area (Å²) < 4.78 is 3.84. The highest BCUT2D eigenvalue weighted by Crippen LogP contribution is 2.24. The summed E-state index contributed by atoms with van der Waals surface area (Å²) in [5.41, 5.74) is 5.54. The quantitative estimate of drug-likeness (QED) is 0.199. The summed E-state index contributed by atoms with van der Waals surface area (Å²) in [5, 5.41) is 10.6. The lowest BCUT2D eigenvalue weighted by Crippen LogP contribution is -2.25. The number of nitrogens with zero attached hydrogens (tertiary/aromatic N) is 10. The van der Waals surface area contributed by atoms with Gasteiger partial charge < -0.3 is 0 Å². The fourth-order valence-electron chi connectivity index (χ4n) is 5.09. The van der Waals surface area contributed by atoms with Crippen molar-refractivity contribution >= 4 is 34.0 Å². The predicted molar refractivity (Wildman–Crippen MR) is 185 cm³/mol. The van der Waals surface area contributed by atoms with Crippen LogP contribution in [0.3, 0.4) is 0 Å². The predicted octanol–water partition coefficient (Wildman–Crippen LogP) is 5.96. The molecule has 8 aromatic heterocycles. The van der Waals surface area contributed by atoms with E-state index in [-0.39, 0.29) is 5.56 Å². The Hall–Kier alpha value is -6.40. The molecule has 11 nitrogen and oxygen atoms in total. The Morgan fingerprint density at radius 3 is 1.46 bits per heavy atom. The number of hydrogen-bond donors (Lipinski definition) is 0. The number of pyridine rings is 6. The van der Waals surface area contributed by atoms with Gasteiger partial charge in [0.25, 0.3) is 5.56 Å². The number of fused-ring (bicyclic) bond motifs is 2. The van der Waals surface area contributed by atoms with Gasteiger partial charge in [-0.2, -0.15) is 10.2 Å². The third-order valence-electron chi connectivity index (χ3n) is 7.33. The second-order valence-electron chi connectivity index (χ2n) is 10.5. The van der Waals surface area contributed by atoms with E-state index in [2.05, 4.69) is 35.0 Å². The van der Waals surface area contributed by atoms with Gasteiger partial charge >= 0.3 is 0 Å². The van der Waals surface area contributed by atoms with E-state index in [4.69, 9.17) is 17.3 Å². The van der Waals surface area contributed by atoms with Gasteiger partial charge in [-0.25, -0.2) is 9.36 Å². The van der Waals surface area contributed by atoms with Crippen molar-refractivity contribution in [3.63, 3.8) is 0 Å². The van der Waals surface area contributed by atoms with Gasteiger partial charge in [0.05, 0.1) is 41.3 Å². The highest BCUT2D eigenvalue weighted by atomic mass is 32.1. The minimum absolute atomic E-state index is 0.191. The zero-order valence-electron chi connectivity index (χ0n) is 25.4. The molecule has 0 aliphatic heterocycles. The van der Waals surface area contributed by atoms with Crippen molar-refractivity contribution < 1.29 is 0 Å². The van der Waals surface area contributed by atoms with E-state index in [0.717, 1.165) is 33.7 Å². The van der Waals surface area contributed by atoms with Crippen LogP contribution >= 0.6 is 12.2 Å². The summed E-state index contributed by atoms with van der Waals surface area (Å²) in [4.78, 5) is 38.9. The third-order valence-corrected chi connectivity index (χ3v) is 7.76. The lowest BCUT2D eigenvalue weighted by Gasteiger charge is -2.11. The summed E-state index contributed by atoms with van der Waals surface area (Å²) >= 11 is 5.61. The first-order valence-electron chi connectivity index (χ1n) is 15.0. The van der Waals surface area contributed by atoms with E-state index >= 15 is 0 Å². The van der Waals surface area contributed by atoms with Gasteiger partial charge in [-0.1, -0.05) is 36.5 Å². The molecule has 0 N–H and O–H groups in total. The van der Waals surface area contributed by atoms with Crippen LogP contribution in [0.2, 0.25) is 0 Å². The second kappa shape index (κ2) is 13.9. The topological polar surface area (TPSA) is 130 Å². The van der Waals surface area contributed by atoms with Crippen molar-refractivity contribution in [1.82, 2.24) is 49.5 Å². The monoisotopic (exact) mass is 646 g/mol. The molecule has 0 atom stereocenters. The average molecular weight is 647 g/mol. The molecule has 0 saturated heterocycles. The SMILES string of the molecule is O=c1c2cccnc2c(-c2ccccn2)nn1Cc1ccccn1.S=c1c2cccnc2c(-c2ccccn2)nn1Cc1ccccn1. The Bertz CT molecular complexity index is 2270. The molecule has 0 bridgehead atoms. The molecular weight excluding hydrogens is 621 g/mol. The molecule has 0 aliphatic carbocycles. The molecule has 8 aromatic rings. The fraction of sp³-hybridized carbons (Fsp3) is 0.0556. The minimum atomic E-state index is -0.191. The van der Waals surface area contributed by atoms with E-state index in [0.29, 0.717) is 40.0 Å². The highest BCUT2D eigenvalue weighted by Gasteiger charge is 2.15. The number of rotatable bonds is 6. The number of hydrogen-bond acceptors (Lipinski definition) is 10. The van der Waals surface area contributed by atoms with Crippen LogP contribution in [-0.4, -0.2) is 49.5 Å². The summed E-state index contributed by atoms with van der Waals surface area (Å²) in [5.74, 6) is 0. The van der Waals surface area contributed by atoms with Crippen LogP contribution in [0, 0.1) is 4.64 Å². The van der Waals surface area contributed by atoms with Gasteiger partial charge in [0.1, 0.15) is 27.1 Å². The molecule has 0 saturated carbocycles. The fourth-order valence-corrected chi connectivity index (χ4v) is 5.36. The van der Waals surface area contributed by atoms with Crippen LogP contribution in [0.4, 0.5) is 0 Å². The highest BCUT2D eigenvalue weighted by molar-refractivity contribution is 7.71. The minimum Gasteiger partial charge on any atom is -0.267 e. The van der Waals surface area contributed by atoms with Gasteiger partial charge in [-0.05, 0) is 72.8 Å². The molecule has 0 radical (unpaired) electrons. The summed E-state index contributed by atoms with van der Waals surface area (Å²) in [6, 6.07) is 30.0. The molecule has 0 fully saturated rings. The Balaban J connectivity index is 0.000000152. The second-order valence-corrected chi connectivity index (χ2v) is 10.9. The summed E-state index contributed by atoms with van der Waals surface area (Å²) in [7, 11) is 0. The first-order valence-corrected chi connectivity index (χ1v) is 15.4. The van der Waals surface area contributed by atoms with Crippen molar-refractivity contribution in [3.05, 3.63) is 161 Å². The molecule has 8 heterocycles. The maximum absolute atomic E-state index is 12.7. The zero-order valence-corrected chi connectivity index (χ0v) is 26.2. The van der Waals surface area contributed by atoms with Gasteiger partial charge in [0.2, 0.25) is 0 Å². The van der Waals surface area contributed by atoms with Crippen molar-refractivity contribution in [2.75, 3.05) is 0 Å². The first-order chi connectivity index (χ1) is 23.7. The Kier molecular flexibility index (Phi) is 8.78. The smallest absolute Gasteiger partial charge is 0.267 e. The molecule has 12 heteroatoms. The van der Waals surface area contributed by atoms with Gasteiger partial charge in [0, 0.05) is 42.6 Å². The van der Waals surface area contributed by atoms with Crippen LogP contribution in [0.5, 0.6) is 0 Å². The van der Waals surface area contributed by atoms with Gasteiger partial charge in [-0.3, -0.25) is 34.7 Å². The zero-order chi connectivity index (χ0) is 32.7. The molecule has 0 unspecified atom stereocenters. The van der Waals surface area contributed by atoms with Crippen LogP contribution in [0.1, 0.15) is 11.4 Å². The third kappa shape index (κ3) is 6.46. The van der Waals surface area contributed by atoms with Crippen LogP contribution in [-0.2, 0) is 13.1 Å². The Morgan fingerprint density at radius 1 is 0.479 bits per heavy atom. The van der Waals surface area contributed by atoms with E-state index < -0.39 is 0 Å². The Labute approximate surface area is 279 Å². The lowest BCUT2D eigenvalue weighted by atomic mass is 10.2. The normalized spacial score (nSPS) is 10.8. The standard InChI is InChI=1S/C18H13N5O.C18H13N5S/c2*24-18-14-7-5-11-21-16(14)17(15-8-2-4-10-20-15)22-23(18)12-13-6-1-3-9-19-13/h2*1-11H,12H2. The van der Waals surface area contributed by atoms with Crippen molar-refractivity contribution in [2.24, 2.45) is 0 Å². The molecular formula is C36H26N10OS. The Morgan fingerprint density at radius 2 is 0.938 bits per heavy atom. The van der Waals surface area contributed by atoms with Crippen LogP contribution in [0.25, 0.3) is 44.6 Å². The van der Waals surface area contributed by atoms with E-state index in [1.165, 1.54) is 4.68 Å². The molecule has 0 spiro atoms. The summed E-state index contributed by atoms with van der Waals surface area (Å²) in [6.07, 6.45) is 10.3. The molecule has 232 valence electrons. The molecule has 0 amide bonds. The van der Waals surface area contributed by atoms with Crippen molar-refractivity contribution in [3.8, 4) is 22.8 Å². The largest absolute Gasteiger partial charge is 0.276 e. The maximum atomic E-state index is 12.7. The number of aromatic nitrogens is 10. The molecule has 0 aliphatic rings. The van der Waals surface area contributed by atoms with E-state index in [1.54, 1.807) is 54.0 Å².